The number of hydrogen-bond donors (Lipinski definition) is 0. The molecule has 0 saturated heterocycles. The number of carbonyl (C=O) groups excluding carboxylic acids is 2. The predicted molar refractivity (Wildman–Crippen MR) is 125 cm³/mol. The van der Waals surface area contributed by atoms with Crippen molar-refractivity contribution in [1.29, 1.82) is 0 Å². The summed E-state index contributed by atoms with van der Waals surface area (Å²) in [6, 6.07) is 16.2. The zero-order chi connectivity index (χ0) is 22.7. The molecular weight excluding hydrogens is 400 g/mol. The van der Waals surface area contributed by atoms with Crippen LogP contribution in [-0.2, 0) is 22.5 Å². The van der Waals surface area contributed by atoms with Gasteiger partial charge in [-0.3, -0.25) is 4.79 Å². The minimum atomic E-state index is -0.308. The maximum absolute atomic E-state index is 13.2. The van der Waals surface area contributed by atoms with Crippen molar-refractivity contribution in [3.63, 3.8) is 0 Å². The Morgan fingerprint density at radius 3 is 2.66 bits per heavy atom. The van der Waals surface area contributed by atoms with Crippen LogP contribution in [0.3, 0.4) is 0 Å². The van der Waals surface area contributed by atoms with Crippen molar-refractivity contribution in [3.05, 3.63) is 94.3 Å². The summed E-state index contributed by atoms with van der Waals surface area (Å²) >= 11 is 0. The molecule has 2 aromatic carbocycles. The van der Waals surface area contributed by atoms with Gasteiger partial charge in [-0.15, -0.1) is 0 Å². The van der Waals surface area contributed by atoms with Crippen LogP contribution in [0.2, 0.25) is 0 Å². The molecule has 2 aliphatic heterocycles. The molecule has 0 bridgehead atoms. The number of ether oxygens (including phenoxy) is 1. The minimum absolute atomic E-state index is 0.0345. The van der Waals surface area contributed by atoms with Crippen LogP contribution in [0.5, 0.6) is 0 Å². The molecule has 0 saturated carbocycles. The largest absolute Gasteiger partial charge is 0.463 e. The van der Waals surface area contributed by atoms with Gasteiger partial charge in [-0.1, -0.05) is 54.1 Å². The standard InChI is InChI=1S/C27H30N2O3/c1-4-32-27(31)25-20(3)28(17-21-8-6-5-7-9-21)14-13-23(25)18-29-15-12-22-16-19(2)10-11-24(22)26(29)30/h5-11,13-14,16,23H,4,12,15,17-18H2,1-3H3. The Morgan fingerprint density at radius 1 is 1.12 bits per heavy atom. The van der Waals surface area contributed by atoms with Crippen LogP contribution in [0.15, 0.2) is 72.1 Å². The van der Waals surface area contributed by atoms with Crippen LogP contribution < -0.4 is 0 Å². The van der Waals surface area contributed by atoms with Crippen molar-refractivity contribution in [2.24, 2.45) is 5.92 Å². The summed E-state index contributed by atoms with van der Waals surface area (Å²) in [4.78, 5) is 30.0. The van der Waals surface area contributed by atoms with E-state index in [2.05, 4.69) is 23.1 Å². The van der Waals surface area contributed by atoms with Crippen LogP contribution in [0.4, 0.5) is 0 Å². The molecule has 0 aliphatic carbocycles. The topological polar surface area (TPSA) is 49.9 Å². The fourth-order valence-corrected chi connectivity index (χ4v) is 4.53. The number of hydrogen-bond acceptors (Lipinski definition) is 4. The molecule has 166 valence electrons. The highest BCUT2D eigenvalue weighted by atomic mass is 16.5. The van der Waals surface area contributed by atoms with Gasteiger partial charge < -0.3 is 14.5 Å². The highest BCUT2D eigenvalue weighted by Crippen LogP contribution is 2.30. The molecule has 2 aromatic rings. The van der Waals surface area contributed by atoms with E-state index in [0.717, 1.165) is 28.8 Å². The Labute approximate surface area is 190 Å². The lowest BCUT2D eigenvalue weighted by Crippen LogP contribution is -2.42. The van der Waals surface area contributed by atoms with Gasteiger partial charge in [0, 0.05) is 43.0 Å². The van der Waals surface area contributed by atoms with Crippen molar-refractivity contribution >= 4 is 11.9 Å². The Bertz CT molecular complexity index is 1070. The summed E-state index contributed by atoms with van der Waals surface area (Å²) in [7, 11) is 0. The quantitative estimate of drug-likeness (QED) is 0.634. The van der Waals surface area contributed by atoms with Crippen molar-refractivity contribution in [2.75, 3.05) is 19.7 Å². The maximum atomic E-state index is 13.2. The number of fused-ring (bicyclic) bond motifs is 1. The normalized spacial score (nSPS) is 18.1. The van der Waals surface area contributed by atoms with Gasteiger partial charge >= 0.3 is 5.97 Å². The number of amides is 1. The molecule has 5 heteroatoms. The van der Waals surface area contributed by atoms with Gasteiger partial charge in [0.15, 0.2) is 0 Å². The van der Waals surface area contributed by atoms with Crippen LogP contribution in [0, 0.1) is 12.8 Å². The van der Waals surface area contributed by atoms with Gasteiger partial charge in [0.2, 0.25) is 0 Å². The number of rotatable bonds is 6. The first-order valence-corrected chi connectivity index (χ1v) is 11.2. The maximum Gasteiger partial charge on any atom is 0.336 e. The summed E-state index contributed by atoms with van der Waals surface area (Å²) in [5.74, 6) is -0.470. The molecule has 5 nitrogen and oxygen atoms in total. The number of carbonyl (C=O) groups is 2. The Kier molecular flexibility index (Phi) is 6.45. The van der Waals surface area contributed by atoms with Crippen LogP contribution in [0.1, 0.15) is 40.9 Å². The molecule has 0 fully saturated rings. The summed E-state index contributed by atoms with van der Waals surface area (Å²) in [5, 5.41) is 0. The Morgan fingerprint density at radius 2 is 1.91 bits per heavy atom. The highest BCUT2D eigenvalue weighted by molar-refractivity contribution is 5.97. The first-order valence-electron chi connectivity index (χ1n) is 11.2. The minimum Gasteiger partial charge on any atom is -0.463 e. The van der Waals surface area contributed by atoms with E-state index in [4.69, 9.17) is 4.74 Å². The number of allylic oxidation sites excluding steroid dienone is 1. The zero-order valence-electron chi connectivity index (χ0n) is 19.0. The Hall–Kier alpha value is -3.34. The third kappa shape index (κ3) is 4.47. The van der Waals surface area contributed by atoms with Gasteiger partial charge in [-0.25, -0.2) is 4.79 Å². The van der Waals surface area contributed by atoms with Crippen LogP contribution in [-0.4, -0.2) is 41.4 Å². The van der Waals surface area contributed by atoms with E-state index in [1.165, 1.54) is 5.56 Å². The molecule has 0 N–H and O–H groups in total. The van der Waals surface area contributed by atoms with E-state index in [0.29, 0.717) is 31.8 Å². The van der Waals surface area contributed by atoms with Gasteiger partial charge in [0.1, 0.15) is 0 Å². The molecule has 0 aromatic heterocycles. The lowest BCUT2D eigenvalue weighted by molar-refractivity contribution is -0.139. The van der Waals surface area contributed by atoms with Crippen LogP contribution >= 0.6 is 0 Å². The average molecular weight is 431 g/mol. The van der Waals surface area contributed by atoms with Crippen molar-refractivity contribution in [1.82, 2.24) is 9.80 Å². The smallest absolute Gasteiger partial charge is 0.336 e. The van der Waals surface area contributed by atoms with Crippen molar-refractivity contribution in [2.45, 2.75) is 33.7 Å². The van der Waals surface area contributed by atoms with E-state index >= 15 is 0 Å². The first kappa shape index (κ1) is 21.9. The predicted octanol–water partition coefficient (Wildman–Crippen LogP) is 4.48. The molecule has 0 spiro atoms. The zero-order valence-corrected chi connectivity index (χ0v) is 19.0. The van der Waals surface area contributed by atoms with Gasteiger partial charge in [0.25, 0.3) is 5.91 Å². The number of benzene rings is 2. The number of nitrogens with zero attached hydrogens (tertiary/aromatic N) is 2. The fraction of sp³-hybridized carbons (Fsp3) is 0.333. The van der Waals surface area contributed by atoms with Gasteiger partial charge in [-0.05, 0) is 44.4 Å². The fourth-order valence-electron chi connectivity index (χ4n) is 4.53. The molecule has 0 radical (unpaired) electrons. The molecular formula is C27H30N2O3. The third-order valence-electron chi connectivity index (χ3n) is 6.23. The highest BCUT2D eigenvalue weighted by Gasteiger charge is 2.32. The second kappa shape index (κ2) is 9.43. The third-order valence-corrected chi connectivity index (χ3v) is 6.23. The number of aryl methyl sites for hydroxylation is 1. The van der Waals surface area contributed by atoms with E-state index in [9.17, 15) is 9.59 Å². The van der Waals surface area contributed by atoms with E-state index in [-0.39, 0.29) is 17.8 Å². The van der Waals surface area contributed by atoms with Crippen LogP contribution in [0.25, 0.3) is 0 Å². The monoisotopic (exact) mass is 430 g/mol. The SMILES string of the molecule is CCOC(=O)C1=C(C)N(Cc2ccccc2)C=CC1CN1CCc2cc(C)ccc2C1=O. The summed E-state index contributed by atoms with van der Waals surface area (Å²) in [6.45, 7) is 7.94. The first-order chi connectivity index (χ1) is 15.5. The number of esters is 1. The molecule has 1 amide bonds. The molecule has 1 atom stereocenters. The summed E-state index contributed by atoms with van der Waals surface area (Å²) < 4.78 is 5.41. The summed E-state index contributed by atoms with van der Waals surface area (Å²) in [6.07, 6.45) is 4.89. The van der Waals surface area contributed by atoms with E-state index in [1.807, 2.05) is 68.3 Å². The molecule has 2 aliphatic rings. The lowest BCUT2D eigenvalue weighted by atomic mass is 9.91. The second-order valence-electron chi connectivity index (χ2n) is 8.44. The second-order valence-corrected chi connectivity index (χ2v) is 8.44. The van der Waals surface area contributed by atoms with E-state index in [1.54, 1.807) is 0 Å². The van der Waals surface area contributed by atoms with Gasteiger partial charge in [0.05, 0.1) is 12.2 Å². The van der Waals surface area contributed by atoms with Gasteiger partial charge in [-0.2, -0.15) is 0 Å². The van der Waals surface area contributed by atoms with Crippen molar-refractivity contribution in [3.8, 4) is 0 Å². The molecule has 4 rings (SSSR count). The van der Waals surface area contributed by atoms with Crippen molar-refractivity contribution < 1.29 is 14.3 Å². The molecule has 2 heterocycles. The lowest BCUT2D eigenvalue weighted by Gasteiger charge is -2.35. The molecule has 32 heavy (non-hydrogen) atoms. The molecule has 1 unspecified atom stereocenters. The average Bonchev–Trinajstić information content (AvgIpc) is 2.78. The Balaban J connectivity index is 1.57. The summed E-state index contributed by atoms with van der Waals surface area (Å²) in [5.41, 5.74) is 5.72. The van der Waals surface area contributed by atoms with E-state index < -0.39 is 0 Å².